The fourth-order valence-electron chi connectivity index (χ4n) is 3.32. The smallest absolute Gasteiger partial charge is 0.164 e. The van der Waals surface area contributed by atoms with Crippen molar-refractivity contribution in [2.45, 2.75) is 98.7 Å². The molecule has 0 radical (unpaired) electrons. The molecule has 0 fully saturated rings. The van der Waals surface area contributed by atoms with Crippen LogP contribution in [0.5, 0.6) is 0 Å². The molecule has 0 saturated carbocycles. The van der Waals surface area contributed by atoms with Gasteiger partial charge >= 0.3 is 0 Å². The van der Waals surface area contributed by atoms with Gasteiger partial charge in [0.05, 0.1) is 5.92 Å². The Morgan fingerprint density at radius 2 is 1.29 bits per heavy atom. The highest BCUT2D eigenvalue weighted by Gasteiger charge is 2.24. The molecule has 1 N–H and O–H groups in total. The second kappa shape index (κ2) is 17.9. The Morgan fingerprint density at radius 3 is 1.74 bits per heavy atom. The predicted molar refractivity (Wildman–Crippen MR) is 134 cm³/mol. The molecule has 0 aliphatic rings. The second-order valence-electron chi connectivity index (χ2n) is 8.81. The summed E-state index contributed by atoms with van der Waals surface area (Å²) in [5.74, 6) is -0.484. The maximum atomic E-state index is 12.3. The number of hydrogen-bond donors (Lipinski definition) is 1. The minimum atomic E-state index is -1.05. The molecule has 0 amide bonds. The van der Waals surface area contributed by atoms with Gasteiger partial charge < -0.3 is 9.84 Å². The van der Waals surface area contributed by atoms with E-state index in [2.05, 4.69) is 65.5 Å². The number of allylic oxidation sites excluding steroid dienone is 9. The number of ketones is 1. The predicted octanol–water partition coefficient (Wildman–Crippen LogP) is 7.64. The first kappa shape index (κ1) is 29.3. The van der Waals surface area contributed by atoms with Crippen LogP contribution in [0.4, 0.5) is 0 Å². The van der Waals surface area contributed by atoms with Crippen LogP contribution < -0.4 is 0 Å². The molecule has 3 heteroatoms. The van der Waals surface area contributed by atoms with E-state index in [9.17, 15) is 9.90 Å². The highest BCUT2D eigenvalue weighted by atomic mass is 16.6. The number of ether oxygens (including phenoxy) is 1. The number of carbonyl (C=O) groups excluding carboxylic acids is 1. The van der Waals surface area contributed by atoms with Crippen molar-refractivity contribution in [2.75, 3.05) is 7.11 Å². The van der Waals surface area contributed by atoms with Crippen LogP contribution in [0.2, 0.25) is 0 Å². The lowest BCUT2D eigenvalue weighted by atomic mass is 9.94. The van der Waals surface area contributed by atoms with Crippen molar-refractivity contribution < 1.29 is 14.6 Å². The molecule has 0 aromatic carbocycles. The van der Waals surface area contributed by atoms with Crippen molar-refractivity contribution in [3.63, 3.8) is 0 Å². The Balaban J connectivity index is 4.46. The van der Waals surface area contributed by atoms with Gasteiger partial charge in [-0.1, -0.05) is 52.7 Å². The van der Waals surface area contributed by atoms with Gasteiger partial charge in [-0.25, -0.2) is 0 Å². The first-order valence-electron chi connectivity index (χ1n) is 11.7. The molecule has 0 aliphatic carbocycles. The van der Waals surface area contributed by atoms with Gasteiger partial charge in [-0.05, 0) is 86.0 Å². The van der Waals surface area contributed by atoms with Crippen LogP contribution >= 0.6 is 0 Å². The molecular weight excluding hydrogens is 384 g/mol. The third kappa shape index (κ3) is 15.7. The van der Waals surface area contributed by atoms with Crippen LogP contribution in [0.25, 0.3) is 0 Å². The Labute approximate surface area is 191 Å². The number of rotatable bonds is 17. The summed E-state index contributed by atoms with van der Waals surface area (Å²) in [4.78, 5) is 12.3. The molecule has 3 nitrogen and oxygen atoms in total. The van der Waals surface area contributed by atoms with Crippen LogP contribution in [0, 0.1) is 5.92 Å². The van der Waals surface area contributed by atoms with E-state index in [4.69, 9.17) is 4.74 Å². The summed E-state index contributed by atoms with van der Waals surface area (Å²) in [7, 11) is 1.43. The zero-order valence-corrected chi connectivity index (χ0v) is 20.9. The van der Waals surface area contributed by atoms with Gasteiger partial charge in [-0.3, -0.25) is 4.79 Å². The van der Waals surface area contributed by atoms with Crippen molar-refractivity contribution >= 4 is 5.78 Å². The summed E-state index contributed by atoms with van der Waals surface area (Å²) in [5, 5.41) is 10.0. The number of methoxy groups -OCH3 is 1. The van der Waals surface area contributed by atoms with E-state index in [0.29, 0.717) is 19.3 Å². The van der Waals surface area contributed by atoms with Gasteiger partial charge in [0.1, 0.15) is 5.78 Å². The van der Waals surface area contributed by atoms with E-state index in [-0.39, 0.29) is 5.78 Å². The number of Topliss-reactive ketones (excluding diaryl/α,β-unsaturated/α-hetero) is 1. The van der Waals surface area contributed by atoms with Gasteiger partial charge in [0.15, 0.2) is 6.29 Å². The van der Waals surface area contributed by atoms with Crippen LogP contribution in [0.15, 0.2) is 59.3 Å². The van der Waals surface area contributed by atoms with Gasteiger partial charge in [0, 0.05) is 13.5 Å². The summed E-state index contributed by atoms with van der Waals surface area (Å²) in [6, 6.07) is 0. The Bertz CT molecular complexity index is 645. The van der Waals surface area contributed by atoms with E-state index >= 15 is 0 Å². The van der Waals surface area contributed by atoms with E-state index in [1.807, 2.05) is 0 Å². The summed E-state index contributed by atoms with van der Waals surface area (Å²) in [6.45, 7) is 14.5. The van der Waals surface area contributed by atoms with Crippen LogP contribution in [0.1, 0.15) is 92.4 Å². The van der Waals surface area contributed by atoms with Crippen molar-refractivity contribution in [2.24, 2.45) is 5.92 Å². The fourth-order valence-corrected chi connectivity index (χ4v) is 3.32. The highest BCUT2D eigenvalue weighted by Crippen LogP contribution is 2.19. The van der Waals surface area contributed by atoms with Crippen molar-refractivity contribution in [1.29, 1.82) is 0 Å². The monoisotopic (exact) mass is 430 g/mol. The average molecular weight is 431 g/mol. The van der Waals surface area contributed by atoms with Crippen LogP contribution in [-0.4, -0.2) is 24.3 Å². The number of carbonyl (C=O) groups is 1. The maximum absolute atomic E-state index is 12.3. The molecule has 2 atom stereocenters. The number of hydrogen-bond acceptors (Lipinski definition) is 3. The first-order chi connectivity index (χ1) is 14.7. The normalized spacial score (nSPS) is 14.9. The molecule has 0 saturated heterocycles. The van der Waals surface area contributed by atoms with Gasteiger partial charge in [0.25, 0.3) is 0 Å². The molecule has 0 aromatic heterocycles. The Kier molecular flexibility index (Phi) is 16.9. The molecule has 176 valence electrons. The largest absolute Gasteiger partial charge is 0.367 e. The SMILES string of the molecule is C=CCCC(=O)C(CC=C(C)CCC=C(C)CCC=C(C)CCC=C(C)C)C(O)OC. The number of aliphatic hydroxyl groups is 1. The Hall–Kier alpha value is -1.71. The summed E-state index contributed by atoms with van der Waals surface area (Å²) in [6.07, 6.45) is 17.7. The lowest BCUT2D eigenvalue weighted by molar-refractivity contribution is -0.146. The quantitative estimate of drug-likeness (QED) is 0.190. The van der Waals surface area contributed by atoms with Gasteiger partial charge in [-0.2, -0.15) is 0 Å². The minimum absolute atomic E-state index is 0.0261. The zero-order valence-electron chi connectivity index (χ0n) is 20.9. The molecule has 0 bridgehead atoms. The van der Waals surface area contributed by atoms with Crippen molar-refractivity contribution in [3.8, 4) is 0 Å². The van der Waals surface area contributed by atoms with E-state index in [1.165, 1.54) is 29.4 Å². The summed E-state index contributed by atoms with van der Waals surface area (Å²) < 4.78 is 5.01. The molecule has 0 spiro atoms. The minimum Gasteiger partial charge on any atom is -0.367 e. The second-order valence-corrected chi connectivity index (χ2v) is 8.81. The lowest BCUT2D eigenvalue weighted by Gasteiger charge is -2.19. The topological polar surface area (TPSA) is 46.5 Å². The van der Waals surface area contributed by atoms with Gasteiger partial charge in [-0.15, -0.1) is 6.58 Å². The van der Waals surface area contributed by atoms with E-state index in [1.54, 1.807) is 6.08 Å². The van der Waals surface area contributed by atoms with Crippen molar-refractivity contribution in [3.05, 3.63) is 59.3 Å². The fraction of sp³-hybridized carbons (Fsp3) is 0.607. The molecule has 0 heterocycles. The molecule has 0 rings (SSSR count). The molecular formula is C28H46O3. The molecule has 31 heavy (non-hydrogen) atoms. The highest BCUT2D eigenvalue weighted by molar-refractivity contribution is 5.81. The third-order valence-electron chi connectivity index (χ3n) is 5.47. The standard InChI is InChI=1S/C28H46O3/c1-8-9-19-27(29)26(28(30)31-7)21-20-25(6)18-12-17-24(5)16-11-15-23(4)14-10-13-22(2)3/h8,13,15,17,20,26,28,30H,1,9-12,14,16,18-19,21H2,2-7H3. The summed E-state index contributed by atoms with van der Waals surface area (Å²) >= 11 is 0. The third-order valence-corrected chi connectivity index (χ3v) is 5.47. The van der Waals surface area contributed by atoms with Crippen LogP contribution in [-0.2, 0) is 9.53 Å². The summed E-state index contributed by atoms with van der Waals surface area (Å²) in [5.41, 5.74) is 5.53. The first-order valence-corrected chi connectivity index (χ1v) is 11.7. The molecule has 0 aromatic rings. The Morgan fingerprint density at radius 1 is 0.806 bits per heavy atom. The van der Waals surface area contributed by atoms with Crippen molar-refractivity contribution in [1.82, 2.24) is 0 Å². The average Bonchev–Trinajstić information content (AvgIpc) is 2.71. The zero-order chi connectivity index (χ0) is 23.6. The van der Waals surface area contributed by atoms with E-state index < -0.39 is 12.2 Å². The number of aliphatic hydroxyl groups excluding tert-OH is 1. The van der Waals surface area contributed by atoms with Crippen LogP contribution in [0.3, 0.4) is 0 Å². The molecule has 0 aliphatic heterocycles. The maximum Gasteiger partial charge on any atom is 0.164 e. The molecule has 2 unspecified atom stereocenters. The van der Waals surface area contributed by atoms with Gasteiger partial charge in [0.2, 0.25) is 0 Å². The lowest BCUT2D eigenvalue weighted by Crippen LogP contribution is -2.29. The van der Waals surface area contributed by atoms with E-state index in [0.717, 1.165) is 38.5 Å².